The Labute approximate surface area is 145 Å². The van der Waals surface area contributed by atoms with Gasteiger partial charge >= 0.3 is 0 Å². The second-order valence-electron chi connectivity index (χ2n) is 6.52. The molecular formula is C18H22F2N4O. The number of nitrogens with one attached hydrogen (secondary N) is 1. The van der Waals surface area contributed by atoms with E-state index in [1.807, 2.05) is 20.9 Å². The molecule has 2 aromatic rings. The van der Waals surface area contributed by atoms with Gasteiger partial charge in [0.2, 0.25) is 5.91 Å². The predicted molar refractivity (Wildman–Crippen MR) is 91.5 cm³/mol. The van der Waals surface area contributed by atoms with Crippen molar-refractivity contribution in [2.45, 2.75) is 32.7 Å². The average Bonchev–Trinajstić information content (AvgIpc) is 3.07. The smallest absolute Gasteiger partial charge is 0.224 e. The first-order valence-electron chi connectivity index (χ1n) is 8.34. The minimum Gasteiger partial charge on any atom is -0.365 e. The zero-order valence-corrected chi connectivity index (χ0v) is 14.6. The largest absolute Gasteiger partial charge is 0.365 e. The highest BCUT2D eigenvalue weighted by Gasteiger charge is 2.28. The summed E-state index contributed by atoms with van der Waals surface area (Å²) in [7, 11) is 1.85. The number of carbonyl (C=O) groups excluding carboxylic acids is 1. The molecule has 1 N–H and O–H groups in total. The highest BCUT2D eigenvalue weighted by atomic mass is 19.1. The Balaban J connectivity index is 1.62. The first-order chi connectivity index (χ1) is 11.9. The molecule has 1 fully saturated rings. The van der Waals surface area contributed by atoms with Crippen LogP contribution in [-0.2, 0) is 18.3 Å². The zero-order valence-electron chi connectivity index (χ0n) is 14.6. The van der Waals surface area contributed by atoms with Crippen LogP contribution in [0.1, 0.15) is 23.4 Å². The summed E-state index contributed by atoms with van der Waals surface area (Å²) < 4.78 is 29.5. The summed E-state index contributed by atoms with van der Waals surface area (Å²) >= 11 is 0. The molecule has 1 aromatic carbocycles. The van der Waals surface area contributed by atoms with Crippen LogP contribution >= 0.6 is 0 Å². The van der Waals surface area contributed by atoms with Gasteiger partial charge in [-0.05, 0) is 32.4 Å². The van der Waals surface area contributed by atoms with Gasteiger partial charge in [-0.15, -0.1) is 0 Å². The number of anilines is 1. The topological polar surface area (TPSA) is 50.2 Å². The SMILES string of the molecule is Cc1nn(C)c(C)c1CC(=O)NC1CCN(c2c(F)cccc2F)C1. The van der Waals surface area contributed by atoms with Gasteiger partial charge in [-0.3, -0.25) is 9.48 Å². The minimum absolute atomic E-state index is 0.0156. The van der Waals surface area contributed by atoms with Crippen molar-refractivity contribution in [3.05, 3.63) is 46.8 Å². The van der Waals surface area contributed by atoms with Crippen LogP contribution in [0.4, 0.5) is 14.5 Å². The molecule has 0 spiro atoms. The lowest BCUT2D eigenvalue weighted by Gasteiger charge is -2.20. The Morgan fingerprint density at radius 3 is 2.60 bits per heavy atom. The lowest BCUT2D eigenvalue weighted by atomic mass is 10.1. The Kier molecular flexibility index (Phi) is 4.74. The van der Waals surface area contributed by atoms with Crippen LogP contribution in [0.3, 0.4) is 0 Å². The van der Waals surface area contributed by atoms with Gasteiger partial charge in [-0.2, -0.15) is 5.10 Å². The molecule has 1 saturated heterocycles. The molecule has 5 nitrogen and oxygen atoms in total. The fraction of sp³-hybridized carbons (Fsp3) is 0.444. The van der Waals surface area contributed by atoms with E-state index in [0.29, 0.717) is 19.5 Å². The number of hydrogen-bond acceptors (Lipinski definition) is 3. The van der Waals surface area contributed by atoms with Crippen LogP contribution in [-0.4, -0.2) is 34.8 Å². The maximum atomic E-state index is 13.9. The number of amides is 1. The molecule has 0 aliphatic carbocycles. The summed E-state index contributed by atoms with van der Waals surface area (Å²) in [5.41, 5.74) is 2.72. The molecule has 1 atom stereocenters. The molecule has 0 radical (unpaired) electrons. The Bertz CT molecular complexity index is 782. The van der Waals surface area contributed by atoms with Crippen molar-refractivity contribution in [1.29, 1.82) is 0 Å². The summed E-state index contributed by atoms with van der Waals surface area (Å²) in [5, 5.41) is 7.28. The number of halogens is 2. The van der Waals surface area contributed by atoms with Crippen molar-refractivity contribution in [3.8, 4) is 0 Å². The number of aromatic nitrogens is 2. The van der Waals surface area contributed by atoms with E-state index in [4.69, 9.17) is 0 Å². The number of para-hydroxylation sites is 1. The zero-order chi connectivity index (χ0) is 18.1. The minimum atomic E-state index is -0.575. The number of nitrogens with zero attached hydrogens (tertiary/aromatic N) is 3. The van der Waals surface area contributed by atoms with E-state index >= 15 is 0 Å². The molecule has 2 heterocycles. The molecule has 1 aliphatic heterocycles. The van der Waals surface area contributed by atoms with Crippen molar-refractivity contribution >= 4 is 11.6 Å². The van der Waals surface area contributed by atoms with Crippen LogP contribution in [0.2, 0.25) is 0 Å². The van der Waals surface area contributed by atoms with Gasteiger partial charge in [0.25, 0.3) is 0 Å². The van der Waals surface area contributed by atoms with E-state index < -0.39 is 11.6 Å². The van der Waals surface area contributed by atoms with Crippen molar-refractivity contribution in [2.75, 3.05) is 18.0 Å². The number of rotatable bonds is 4. The van der Waals surface area contributed by atoms with Crippen LogP contribution in [0.15, 0.2) is 18.2 Å². The molecule has 25 heavy (non-hydrogen) atoms. The van der Waals surface area contributed by atoms with Gasteiger partial charge in [0.1, 0.15) is 17.3 Å². The highest BCUT2D eigenvalue weighted by Crippen LogP contribution is 2.26. The van der Waals surface area contributed by atoms with E-state index in [9.17, 15) is 13.6 Å². The summed E-state index contributed by atoms with van der Waals surface area (Å²) in [6, 6.07) is 3.72. The number of hydrogen-bond donors (Lipinski definition) is 1. The Morgan fingerprint density at radius 1 is 1.32 bits per heavy atom. The van der Waals surface area contributed by atoms with Gasteiger partial charge in [0.15, 0.2) is 0 Å². The maximum Gasteiger partial charge on any atom is 0.224 e. The predicted octanol–water partition coefficient (Wildman–Crippen LogP) is 2.25. The molecule has 1 unspecified atom stereocenters. The van der Waals surface area contributed by atoms with Crippen molar-refractivity contribution < 1.29 is 13.6 Å². The number of carbonyl (C=O) groups is 1. The highest BCUT2D eigenvalue weighted by molar-refractivity contribution is 5.79. The Hall–Kier alpha value is -2.44. The number of aryl methyl sites for hydroxylation is 2. The first-order valence-corrected chi connectivity index (χ1v) is 8.34. The van der Waals surface area contributed by atoms with E-state index in [-0.39, 0.29) is 24.1 Å². The summed E-state index contributed by atoms with van der Waals surface area (Å²) in [6.07, 6.45) is 0.917. The number of benzene rings is 1. The third-order valence-corrected chi connectivity index (χ3v) is 4.80. The van der Waals surface area contributed by atoms with E-state index in [0.717, 1.165) is 17.0 Å². The average molecular weight is 348 g/mol. The third kappa shape index (κ3) is 3.50. The maximum absolute atomic E-state index is 13.9. The molecule has 3 rings (SSSR count). The second-order valence-corrected chi connectivity index (χ2v) is 6.52. The van der Waals surface area contributed by atoms with Gasteiger partial charge in [-0.25, -0.2) is 8.78 Å². The van der Waals surface area contributed by atoms with Gasteiger partial charge in [0, 0.05) is 37.4 Å². The molecule has 7 heteroatoms. The molecular weight excluding hydrogens is 326 g/mol. The van der Waals surface area contributed by atoms with E-state index in [2.05, 4.69) is 10.4 Å². The van der Waals surface area contributed by atoms with Crippen LogP contribution < -0.4 is 10.2 Å². The fourth-order valence-corrected chi connectivity index (χ4v) is 3.38. The third-order valence-electron chi connectivity index (χ3n) is 4.80. The lowest BCUT2D eigenvalue weighted by molar-refractivity contribution is -0.121. The molecule has 1 aliphatic rings. The quantitative estimate of drug-likeness (QED) is 0.922. The summed E-state index contributed by atoms with van der Waals surface area (Å²) in [4.78, 5) is 14.0. The molecule has 1 aromatic heterocycles. The van der Waals surface area contributed by atoms with Crippen molar-refractivity contribution in [2.24, 2.45) is 7.05 Å². The van der Waals surface area contributed by atoms with Crippen molar-refractivity contribution in [1.82, 2.24) is 15.1 Å². The van der Waals surface area contributed by atoms with Crippen LogP contribution in [0.25, 0.3) is 0 Å². The van der Waals surface area contributed by atoms with Gasteiger partial charge in [-0.1, -0.05) is 6.07 Å². The lowest BCUT2D eigenvalue weighted by Crippen LogP contribution is -2.38. The molecule has 0 saturated carbocycles. The molecule has 1 amide bonds. The second kappa shape index (κ2) is 6.82. The molecule has 0 bridgehead atoms. The summed E-state index contributed by atoms with van der Waals surface area (Å²) in [6.45, 7) is 4.72. The molecule has 134 valence electrons. The summed E-state index contributed by atoms with van der Waals surface area (Å²) in [5.74, 6) is -1.25. The van der Waals surface area contributed by atoms with Gasteiger partial charge in [0.05, 0.1) is 12.1 Å². The van der Waals surface area contributed by atoms with Gasteiger partial charge < -0.3 is 10.2 Å². The standard InChI is InChI=1S/C18H22F2N4O/c1-11-14(12(2)23(3)22-11)9-17(25)21-13-7-8-24(10-13)18-15(19)5-4-6-16(18)20/h4-6,13H,7-10H2,1-3H3,(H,21,25). The fourth-order valence-electron chi connectivity index (χ4n) is 3.38. The monoisotopic (exact) mass is 348 g/mol. The Morgan fingerprint density at radius 2 is 2.00 bits per heavy atom. The van der Waals surface area contributed by atoms with Crippen LogP contribution in [0, 0.1) is 25.5 Å². The van der Waals surface area contributed by atoms with Crippen molar-refractivity contribution in [3.63, 3.8) is 0 Å². The van der Waals surface area contributed by atoms with Crippen LogP contribution in [0.5, 0.6) is 0 Å². The van der Waals surface area contributed by atoms with E-state index in [1.165, 1.54) is 18.2 Å². The normalized spacial score (nSPS) is 17.2. The first kappa shape index (κ1) is 17.4. The van der Waals surface area contributed by atoms with E-state index in [1.54, 1.807) is 9.58 Å².